The number of carboxylic acid groups (broad SMARTS) is 1. The fourth-order valence-electron chi connectivity index (χ4n) is 2.24. The van der Waals surface area contributed by atoms with E-state index in [1.54, 1.807) is 0 Å². The van der Waals surface area contributed by atoms with E-state index < -0.39 is 54.0 Å². The first kappa shape index (κ1) is 24.4. The molecule has 0 saturated carbocycles. The Balaban J connectivity index is 2.65. The normalized spacial score (nSPS) is 16.0. The van der Waals surface area contributed by atoms with E-state index in [-0.39, 0.29) is 12.2 Å². The van der Waals surface area contributed by atoms with Gasteiger partial charge in [0, 0.05) is 24.1 Å². The van der Waals surface area contributed by atoms with Crippen LogP contribution in [0, 0.1) is 0 Å². The number of carbonyl (C=O) groups is 4. The van der Waals surface area contributed by atoms with E-state index in [0.29, 0.717) is 5.69 Å². The summed E-state index contributed by atoms with van der Waals surface area (Å²) in [6, 6.07) is -4.72. The molecule has 1 heterocycles. The van der Waals surface area contributed by atoms with Gasteiger partial charge in [0.1, 0.15) is 18.1 Å². The number of aromatic amines is 1. The molecule has 0 radical (unpaired) electrons. The minimum absolute atomic E-state index is 0.178. The SMILES string of the molecule is CC(NC(=O)C(N)Cc1cnc[nH]1)C(=O)NC(C(=O)NC(CS)C(=O)O)C(C)O. The van der Waals surface area contributed by atoms with Crippen LogP contribution in [-0.2, 0) is 25.6 Å². The monoisotopic (exact) mass is 430 g/mol. The van der Waals surface area contributed by atoms with Gasteiger partial charge in [-0.15, -0.1) is 0 Å². The van der Waals surface area contributed by atoms with Crippen LogP contribution in [0.4, 0.5) is 0 Å². The molecule has 13 heteroatoms. The van der Waals surface area contributed by atoms with E-state index in [9.17, 15) is 24.3 Å². The number of hydrogen-bond acceptors (Lipinski definition) is 8. The van der Waals surface area contributed by atoms with Crippen molar-refractivity contribution in [2.24, 2.45) is 5.73 Å². The third kappa shape index (κ3) is 7.71. The molecule has 5 atom stereocenters. The molecule has 0 aromatic carbocycles. The van der Waals surface area contributed by atoms with Gasteiger partial charge in [-0.3, -0.25) is 14.4 Å². The zero-order valence-electron chi connectivity index (χ0n) is 16.0. The summed E-state index contributed by atoms with van der Waals surface area (Å²) < 4.78 is 0. The maximum absolute atomic E-state index is 12.3. The molecule has 1 aromatic rings. The van der Waals surface area contributed by atoms with Crippen LogP contribution in [0.15, 0.2) is 12.5 Å². The molecule has 29 heavy (non-hydrogen) atoms. The van der Waals surface area contributed by atoms with Crippen molar-refractivity contribution in [3.8, 4) is 0 Å². The van der Waals surface area contributed by atoms with Gasteiger partial charge >= 0.3 is 5.97 Å². The number of rotatable bonds is 11. The second-order valence-corrected chi connectivity index (χ2v) is 6.79. The number of nitrogens with two attached hydrogens (primary N) is 1. The van der Waals surface area contributed by atoms with Gasteiger partial charge in [-0.05, 0) is 13.8 Å². The van der Waals surface area contributed by atoms with Crippen molar-refractivity contribution in [1.29, 1.82) is 0 Å². The molecule has 0 fully saturated rings. The van der Waals surface area contributed by atoms with Gasteiger partial charge in [0.05, 0.1) is 18.5 Å². The lowest BCUT2D eigenvalue weighted by Gasteiger charge is -2.25. The Labute approximate surface area is 172 Å². The minimum Gasteiger partial charge on any atom is -0.480 e. The van der Waals surface area contributed by atoms with Gasteiger partial charge in [0.15, 0.2) is 0 Å². The lowest BCUT2D eigenvalue weighted by Crippen LogP contribution is -2.59. The maximum atomic E-state index is 12.3. The molecule has 0 aliphatic heterocycles. The number of aliphatic hydroxyl groups is 1. The van der Waals surface area contributed by atoms with Gasteiger partial charge in [-0.25, -0.2) is 9.78 Å². The van der Waals surface area contributed by atoms with E-state index in [1.165, 1.54) is 26.4 Å². The van der Waals surface area contributed by atoms with Crippen LogP contribution in [0.3, 0.4) is 0 Å². The Bertz CT molecular complexity index is 713. The summed E-state index contributed by atoms with van der Waals surface area (Å²) >= 11 is 3.83. The highest BCUT2D eigenvalue weighted by atomic mass is 32.1. The van der Waals surface area contributed by atoms with Crippen LogP contribution in [0.2, 0.25) is 0 Å². The van der Waals surface area contributed by atoms with E-state index >= 15 is 0 Å². The fourth-order valence-corrected chi connectivity index (χ4v) is 2.49. The number of nitrogens with zero attached hydrogens (tertiary/aromatic N) is 1. The second kappa shape index (κ2) is 11.4. The number of carbonyl (C=O) groups excluding carboxylic acids is 3. The predicted molar refractivity (Wildman–Crippen MR) is 105 cm³/mol. The average molecular weight is 430 g/mol. The topological polar surface area (TPSA) is 200 Å². The molecule has 0 aliphatic rings. The summed E-state index contributed by atoms with van der Waals surface area (Å²) in [6.45, 7) is 2.63. The number of nitrogens with one attached hydrogen (secondary N) is 4. The molecular formula is C16H26N6O6S. The first-order valence-corrected chi connectivity index (χ1v) is 9.35. The Hall–Kier alpha value is -2.64. The molecule has 3 amide bonds. The van der Waals surface area contributed by atoms with E-state index in [4.69, 9.17) is 10.8 Å². The summed E-state index contributed by atoms with van der Waals surface area (Å²) in [7, 11) is 0. The molecule has 1 rings (SSSR count). The fraction of sp³-hybridized carbons (Fsp3) is 0.562. The van der Waals surface area contributed by atoms with Gasteiger partial charge in [-0.2, -0.15) is 12.6 Å². The van der Waals surface area contributed by atoms with Gasteiger partial charge in [0.25, 0.3) is 0 Å². The zero-order valence-corrected chi connectivity index (χ0v) is 16.8. The van der Waals surface area contributed by atoms with Crippen LogP contribution in [0.1, 0.15) is 19.5 Å². The average Bonchev–Trinajstić information content (AvgIpc) is 3.15. The number of hydrogen-bond donors (Lipinski definition) is 8. The number of carboxylic acids is 1. The number of aliphatic hydroxyl groups excluding tert-OH is 1. The summed E-state index contributed by atoms with van der Waals surface area (Å²) in [4.78, 5) is 54.3. The van der Waals surface area contributed by atoms with Crippen molar-refractivity contribution < 1.29 is 29.4 Å². The molecule has 162 valence electrons. The predicted octanol–water partition coefficient (Wildman–Crippen LogP) is -2.85. The summed E-state index contributed by atoms with van der Waals surface area (Å²) in [6.07, 6.45) is 1.82. The minimum atomic E-state index is -1.43. The van der Waals surface area contributed by atoms with Crippen molar-refractivity contribution >= 4 is 36.3 Å². The van der Waals surface area contributed by atoms with E-state index in [0.717, 1.165) is 0 Å². The number of H-pyrrole nitrogens is 1. The molecule has 12 nitrogen and oxygen atoms in total. The number of amides is 3. The highest BCUT2D eigenvalue weighted by Crippen LogP contribution is 2.00. The van der Waals surface area contributed by atoms with Crippen LogP contribution in [0.5, 0.6) is 0 Å². The van der Waals surface area contributed by atoms with Crippen molar-refractivity contribution in [3.05, 3.63) is 18.2 Å². The van der Waals surface area contributed by atoms with Crippen LogP contribution < -0.4 is 21.7 Å². The Morgan fingerprint density at radius 3 is 2.31 bits per heavy atom. The highest BCUT2D eigenvalue weighted by molar-refractivity contribution is 7.80. The van der Waals surface area contributed by atoms with Crippen molar-refractivity contribution in [2.75, 3.05) is 5.75 Å². The number of imidazole rings is 1. The van der Waals surface area contributed by atoms with Crippen LogP contribution in [0.25, 0.3) is 0 Å². The largest absolute Gasteiger partial charge is 0.480 e. The molecule has 0 bridgehead atoms. The quantitative estimate of drug-likeness (QED) is 0.171. The standard InChI is InChI=1S/C16H26N6O6S/c1-7(20-14(25)10(17)3-9-4-18-6-19-9)13(24)22-12(8(2)23)15(26)21-11(5-29)16(27)28/h4,6-8,10-12,23,29H,3,5,17H2,1-2H3,(H,18,19)(H,20,25)(H,21,26)(H,22,24)(H,27,28). The Morgan fingerprint density at radius 1 is 1.17 bits per heavy atom. The van der Waals surface area contributed by atoms with Crippen molar-refractivity contribution in [1.82, 2.24) is 25.9 Å². The summed E-state index contributed by atoms with van der Waals surface area (Å²) in [5.41, 5.74) is 6.44. The summed E-state index contributed by atoms with van der Waals surface area (Å²) in [5.74, 6) is -3.74. The van der Waals surface area contributed by atoms with Crippen LogP contribution >= 0.6 is 12.6 Å². The number of thiol groups is 1. The molecular weight excluding hydrogens is 404 g/mol. The Morgan fingerprint density at radius 2 is 1.83 bits per heavy atom. The van der Waals surface area contributed by atoms with Gasteiger partial charge < -0.3 is 36.9 Å². The zero-order chi connectivity index (χ0) is 22.1. The van der Waals surface area contributed by atoms with E-state index in [2.05, 4.69) is 38.5 Å². The van der Waals surface area contributed by atoms with E-state index in [1.807, 2.05) is 0 Å². The van der Waals surface area contributed by atoms with Crippen molar-refractivity contribution in [3.63, 3.8) is 0 Å². The van der Waals surface area contributed by atoms with Crippen LogP contribution in [-0.4, -0.2) is 79.9 Å². The van der Waals surface area contributed by atoms with Gasteiger partial charge in [0.2, 0.25) is 17.7 Å². The molecule has 1 aromatic heterocycles. The molecule has 8 N–H and O–H groups in total. The highest BCUT2D eigenvalue weighted by Gasteiger charge is 2.31. The molecule has 0 aliphatic carbocycles. The molecule has 0 saturated heterocycles. The lowest BCUT2D eigenvalue weighted by molar-refractivity contribution is -0.142. The van der Waals surface area contributed by atoms with Gasteiger partial charge in [-0.1, -0.05) is 0 Å². The lowest BCUT2D eigenvalue weighted by atomic mass is 10.1. The summed E-state index contributed by atoms with van der Waals surface area (Å²) in [5, 5.41) is 25.6. The third-order valence-electron chi connectivity index (χ3n) is 3.94. The Kier molecular flexibility index (Phi) is 9.58. The number of aliphatic carboxylic acids is 1. The molecule has 0 spiro atoms. The molecule has 5 unspecified atom stereocenters. The smallest absolute Gasteiger partial charge is 0.327 e. The maximum Gasteiger partial charge on any atom is 0.327 e. The second-order valence-electron chi connectivity index (χ2n) is 6.43. The first-order chi connectivity index (χ1) is 13.6. The first-order valence-electron chi connectivity index (χ1n) is 8.72. The number of aromatic nitrogens is 2. The third-order valence-corrected chi connectivity index (χ3v) is 4.31. The van der Waals surface area contributed by atoms with Crippen molar-refractivity contribution in [2.45, 2.75) is 50.5 Å².